The van der Waals surface area contributed by atoms with Gasteiger partial charge in [0.15, 0.2) is 11.6 Å². The van der Waals surface area contributed by atoms with Crippen LogP contribution in [0.4, 0.5) is 19.1 Å². The van der Waals surface area contributed by atoms with Crippen LogP contribution in [0.15, 0.2) is 77.6 Å². The van der Waals surface area contributed by atoms with Crippen LogP contribution in [-0.2, 0) is 17.8 Å². The maximum absolute atomic E-state index is 15.0. The van der Waals surface area contributed by atoms with Crippen molar-refractivity contribution in [2.75, 3.05) is 18.0 Å². The van der Waals surface area contributed by atoms with Gasteiger partial charge in [-0.25, -0.2) is 27.3 Å². The van der Waals surface area contributed by atoms with Crippen molar-refractivity contribution in [1.82, 2.24) is 24.4 Å². The van der Waals surface area contributed by atoms with Crippen LogP contribution < -0.4 is 21.6 Å². The molecule has 1 N–H and O–H groups in total. The Hall–Kier alpha value is -5.00. The van der Waals surface area contributed by atoms with E-state index in [0.29, 0.717) is 48.8 Å². The van der Waals surface area contributed by atoms with Gasteiger partial charge in [-0.3, -0.25) is 14.3 Å². The number of halogens is 3. The van der Waals surface area contributed by atoms with Gasteiger partial charge in [-0.2, -0.15) is 4.98 Å². The van der Waals surface area contributed by atoms with Crippen LogP contribution in [0, 0.1) is 34.7 Å². The van der Waals surface area contributed by atoms with Crippen LogP contribution in [-0.4, -0.2) is 44.1 Å². The molecule has 1 aliphatic heterocycles. The summed E-state index contributed by atoms with van der Waals surface area (Å²) in [7, 11) is 0. The summed E-state index contributed by atoms with van der Waals surface area (Å²) < 4.78 is 45.1. The van der Waals surface area contributed by atoms with Crippen molar-refractivity contribution in [3.63, 3.8) is 0 Å². The normalized spacial score (nSPS) is 19.6. The zero-order valence-electron chi connectivity index (χ0n) is 25.5. The number of hydrogen-bond donors (Lipinski definition) is 1. The van der Waals surface area contributed by atoms with Crippen LogP contribution in [0.1, 0.15) is 31.4 Å². The van der Waals surface area contributed by atoms with Crippen molar-refractivity contribution in [2.24, 2.45) is 17.3 Å². The molecule has 1 aliphatic carbocycles. The van der Waals surface area contributed by atoms with Crippen molar-refractivity contribution in [3.8, 4) is 5.69 Å². The summed E-state index contributed by atoms with van der Waals surface area (Å²) in [5, 5.41) is 4.12. The molecule has 238 valence electrons. The maximum atomic E-state index is 15.0. The van der Waals surface area contributed by atoms with Gasteiger partial charge in [0.05, 0.1) is 18.4 Å². The number of fused-ring (bicyclic) bond motifs is 2. The lowest BCUT2D eigenvalue weighted by Crippen LogP contribution is -2.52. The molecule has 12 heteroatoms. The van der Waals surface area contributed by atoms with Crippen LogP contribution in [0.25, 0.3) is 16.5 Å². The summed E-state index contributed by atoms with van der Waals surface area (Å²) in [4.78, 5) is 52.1. The van der Waals surface area contributed by atoms with E-state index in [1.165, 1.54) is 6.20 Å². The van der Waals surface area contributed by atoms with E-state index in [1.54, 1.807) is 29.3 Å². The summed E-state index contributed by atoms with van der Waals surface area (Å²) in [5.41, 5.74) is -1.44. The van der Waals surface area contributed by atoms with E-state index >= 15 is 4.39 Å². The molecule has 1 amide bonds. The van der Waals surface area contributed by atoms with Gasteiger partial charge < -0.3 is 10.2 Å². The standard InChI is InChI=1S/C34H33F3N6O3/c1-5-7-12-39-30(44)29-28-22(34(28,3)4)18-41(29)31-40-32(45)43(26-16-38-15-20-11-8-10-19(9-6-2)27(20)26)33(46)42(31)17-21-13-24(36)25(37)14-23(21)35/h5-6,8,10-11,13-16,22,28-29H,1-2,7,9,12,17-18H2,3-4H3,(H,39,44)/t22-,28-,29-/m0/s1. The molecule has 9 nitrogen and oxygen atoms in total. The molecule has 2 aromatic carbocycles. The molecule has 3 atom stereocenters. The van der Waals surface area contributed by atoms with Gasteiger partial charge in [-0.1, -0.05) is 44.2 Å². The molecule has 6 rings (SSSR count). The number of hydrogen-bond acceptors (Lipinski definition) is 6. The third kappa shape index (κ3) is 5.11. The molecule has 0 unspecified atom stereocenters. The Morgan fingerprint density at radius 2 is 1.83 bits per heavy atom. The average Bonchev–Trinajstić information content (AvgIpc) is 3.32. The van der Waals surface area contributed by atoms with Crippen molar-refractivity contribution in [3.05, 3.63) is 118 Å². The highest BCUT2D eigenvalue weighted by molar-refractivity contribution is 5.92. The fourth-order valence-electron chi connectivity index (χ4n) is 6.89. The minimum Gasteiger partial charge on any atom is -0.354 e. The van der Waals surface area contributed by atoms with Crippen LogP contribution in [0.2, 0.25) is 0 Å². The topological polar surface area (TPSA) is 102 Å². The summed E-state index contributed by atoms with van der Waals surface area (Å²) in [6.45, 7) is 11.6. The number of anilines is 1. The minimum atomic E-state index is -1.38. The predicted octanol–water partition coefficient (Wildman–Crippen LogP) is 4.29. The summed E-state index contributed by atoms with van der Waals surface area (Å²) >= 11 is 0. The van der Waals surface area contributed by atoms with Gasteiger partial charge >= 0.3 is 11.4 Å². The Morgan fingerprint density at radius 1 is 1.07 bits per heavy atom. The molecule has 0 bridgehead atoms. The molecule has 1 saturated heterocycles. The fourth-order valence-corrected chi connectivity index (χ4v) is 6.89. The van der Waals surface area contributed by atoms with Gasteiger partial charge in [-0.05, 0) is 41.7 Å². The van der Waals surface area contributed by atoms with E-state index in [-0.39, 0.29) is 40.4 Å². The molecule has 4 aromatic rings. The fraction of sp³-hybridized carbons (Fsp3) is 0.324. The first kappa shape index (κ1) is 31.0. The minimum absolute atomic E-state index is 0.0548. The van der Waals surface area contributed by atoms with Gasteiger partial charge in [0.25, 0.3) is 0 Å². The third-order valence-electron chi connectivity index (χ3n) is 9.30. The lowest BCUT2D eigenvalue weighted by atomic mass is 10.0. The number of carbonyl (C=O) groups excluding carboxylic acids is 1. The third-order valence-corrected chi connectivity index (χ3v) is 9.30. The summed E-state index contributed by atoms with van der Waals surface area (Å²) in [6, 6.07) is 5.73. The second-order valence-electron chi connectivity index (χ2n) is 12.3. The van der Waals surface area contributed by atoms with Gasteiger partial charge in [0, 0.05) is 41.7 Å². The SMILES string of the molecule is C=CCCNC(=O)[C@@H]1[C@@H]2[C@H](CN1c1nc(=O)n(-c3cncc4cccc(CC=C)c34)c(=O)n1Cc1cc(F)c(F)cc1F)C2(C)C. The Bertz CT molecular complexity index is 2010. The second-order valence-corrected chi connectivity index (χ2v) is 12.3. The lowest BCUT2D eigenvalue weighted by molar-refractivity contribution is -0.122. The van der Waals surface area contributed by atoms with Gasteiger partial charge in [0.2, 0.25) is 11.9 Å². The predicted molar refractivity (Wildman–Crippen MR) is 168 cm³/mol. The highest BCUT2D eigenvalue weighted by Gasteiger charge is 2.69. The molecule has 3 heterocycles. The number of aromatic nitrogens is 4. The van der Waals surface area contributed by atoms with Gasteiger partial charge in [0.1, 0.15) is 11.9 Å². The first-order chi connectivity index (χ1) is 22.0. The number of pyridine rings is 1. The Kier molecular flexibility index (Phi) is 7.91. The van der Waals surface area contributed by atoms with E-state index in [4.69, 9.17) is 0 Å². The number of allylic oxidation sites excluding steroid dienone is 1. The van der Waals surface area contributed by atoms with E-state index in [1.807, 2.05) is 26.0 Å². The maximum Gasteiger partial charge on any atom is 0.359 e. The number of benzene rings is 2. The Balaban J connectivity index is 1.57. The van der Waals surface area contributed by atoms with Crippen LogP contribution in [0.3, 0.4) is 0 Å². The Labute approximate surface area is 262 Å². The number of rotatable bonds is 10. The van der Waals surface area contributed by atoms with Crippen molar-refractivity contribution >= 4 is 22.6 Å². The first-order valence-electron chi connectivity index (χ1n) is 15.0. The quantitative estimate of drug-likeness (QED) is 0.159. The van der Waals surface area contributed by atoms with E-state index < -0.39 is 41.4 Å². The second kappa shape index (κ2) is 11.7. The molecule has 0 radical (unpaired) electrons. The van der Waals surface area contributed by atoms with Crippen molar-refractivity contribution in [2.45, 2.75) is 39.3 Å². The van der Waals surface area contributed by atoms with Crippen molar-refractivity contribution < 1.29 is 18.0 Å². The Morgan fingerprint density at radius 3 is 2.57 bits per heavy atom. The van der Waals surface area contributed by atoms with Gasteiger partial charge in [-0.15, -0.1) is 13.2 Å². The van der Waals surface area contributed by atoms with E-state index in [2.05, 4.69) is 28.4 Å². The number of amides is 1. The molecular formula is C34H33F3N6O3. The summed E-state index contributed by atoms with van der Waals surface area (Å²) in [5.74, 6) is -4.29. The number of nitrogens with one attached hydrogen (secondary N) is 1. The molecule has 2 fully saturated rings. The van der Waals surface area contributed by atoms with Crippen LogP contribution >= 0.6 is 0 Å². The van der Waals surface area contributed by atoms with Crippen LogP contribution in [0.5, 0.6) is 0 Å². The zero-order chi connectivity index (χ0) is 32.9. The highest BCUT2D eigenvalue weighted by Crippen LogP contribution is 2.65. The molecule has 2 aliphatic rings. The number of nitrogens with zero attached hydrogens (tertiary/aromatic N) is 5. The molecule has 1 saturated carbocycles. The van der Waals surface area contributed by atoms with E-state index in [0.717, 1.165) is 14.7 Å². The summed E-state index contributed by atoms with van der Waals surface area (Å²) in [6.07, 6.45) is 7.30. The molecule has 0 spiro atoms. The smallest absolute Gasteiger partial charge is 0.354 e. The molecule has 2 aromatic heterocycles. The molecule has 46 heavy (non-hydrogen) atoms. The van der Waals surface area contributed by atoms with E-state index in [9.17, 15) is 23.2 Å². The molecular weight excluding hydrogens is 597 g/mol. The first-order valence-corrected chi connectivity index (χ1v) is 15.0. The largest absolute Gasteiger partial charge is 0.359 e. The highest BCUT2D eigenvalue weighted by atomic mass is 19.2. The lowest BCUT2D eigenvalue weighted by Gasteiger charge is -2.32. The zero-order valence-corrected chi connectivity index (χ0v) is 25.5. The average molecular weight is 631 g/mol. The number of carbonyl (C=O) groups is 1. The number of piperidine rings is 1. The van der Waals surface area contributed by atoms with Crippen molar-refractivity contribution in [1.29, 1.82) is 0 Å². The monoisotopic (exact) mass is 630 g/mol.